The minimum absolute atomic E-state index is 0.0485. The standard InChI is InChI=1S/C23H25N5O2/c1-3-15(2)12-23(29)24-14-22-26-20-9-8-18(13-21(20)27-22)30-17-6-4-16(5-7-17)19-10-11-25-28-19/h4-11,13,15H,3,12,14H2,1-2H3,(H,24,29)(H,25,28)(H,26,27)/t15-/m0/s1. The van der Waals surface area contributed by atoms with Crippen LogP contribution in [-0.4, -0.2) is 26.1 Å². The zero-order valence-electron chi connectivity index (χ0n) is 17.1. The van der Waals surface area contributed by atoms with Crippen LogP contribution >= 0.6 is 0 Å². The molecular formula is C23H25N5O2. The zero-order valence-corrected chi connectivity index (χ0v) is 17.1. The Balaban J connectivity index is 1.40. The molecule has 30 heavy (non-hydrogen) atoms. The first kappa shape index (κ1) is 19.7. The molecule has 154 valence electrons. The maximum atomic E-state index is 12.0. The molecule has 0 aliphatic carbocycles. The molecule has 3 N–H and O–H groups in total. The number of amides is 1. The maximum Gasteiger partial charge on any atom is 0.220 e. The largest absolute Gasteiger partial charge is 0.457 e. The van der Waals surface area contributed by atoms with Gasteiger partial charge in [0.1, 0.15) is 17.3 Å². The summed E-state index contributed by atoms with van der Waals surface area (Å²) < 4.78 is 5.98. The molecule has 0 fully saturated rings. The Labute approximate surface area is 174 Å². The second kappa shape index (κ2) is 8.82. The predicted molar refractivity (Wildman–Crippen MR) is 116 cm³/mol. The van der Waals surface area contributed by atoms with E-state index in [-0.39, 0.29) is 5.91 Å². The van der Waals surface area contributed by atoms with E-state index in [1.54, 1.807) is 6.20 Å². The normalized spacial score (nSPS) is 12.1. The minimum atomic E-state index is 0.0485. The molecule has 4 aromatic rings. The quantitative estimate of drug-likeness (QED) is 0.394. The van der Waals surface area contributed by atoms with Gasteiger partial charge in [-0.15, -0.1) is 0 Å². The summed E-state index contributed by atoms with van der Waals surface area (Å²) in [6, 6.07) is 15.4. The number of aromatic amines is 2. The maximum absolute atomic E-state index is 12.0. The van der Waals surface area contributed by atoms with E-state index in [1.807, 2.05) is 48.5 Å². The number of hydrogen-bond donors (Lipinski definition) is 3. The molecule has 7 nitrogen and oxygen atoms in total. The Morgan fingerprint density at radius 3 is 2.67 bits per heavy atom. The van der Waals surface area contributed by atoms with Crippen molar-refractivity contribution < 1.29 is 9.53 Å². The molecule has 2 aromatic carbocycles. The van der Waals surface area contributed by atoms with E-state index in [4.69, 9.17) is 4.74 Å². The lowest BCUT2D eigenvalue weighted by molar-refractivity contribution is -0.122. The van der Waals surface area contributed by atoms with E-state index in [0.717, 1.165) is 40.3 Å². The summed E-state index contributed by atoms with van der Waals surface area (Å²) in [6.45, 7) is 4.55. The predicted octanol–water partition coefficient (Wildman–Crippen LogP) is 4.80. The Hall–Kier alpha value is -3.61. The number of H-pyrrole nitrogens is 2. The molecule has 0 saturated heterocycles. The van der Waals surface area contributed by atoms with Gasteiger partial charge in [0.05, 0.1) is 23.3 Å². The summed E-state index contributed by atoms with van der Waals surface area (Å²) in [6.07, 6.45) is 3.26. The number of ether oxygens (including phenoxy) is 1. The number of imidazole rings is 1. The van der Waals surface area contributed by atoms with Crippen molar-refractivity contribution in [1.82, 2.24) is 25.5 Å². The number of aromatic nitrogens is 4. The Bertz CT molecular complexity index is 1120. The molecule has 1 amide bonds. The van der Waals surface area contributed by atoms with Gasteiger partial charge >= 0.3 is 0 Å². The van der Waals surface area contributed by atoms with Gasteiger partial charge in [0.15, 0.2) is 0 Å². The van der Waals surface area contributed by atoms with Crippen molar-refractivity contribution >= 4 is 16.9 Å². The van der Waals surface area contributed by atoms with E-state index >= 15 is 0 Å². The molecular weight excluding hydrogens is 378 g/mol. The summed E-state index contributed by atoms with van der Waals surface area (Å²) in [5.41, 5.74) is 3.71. The fourth-order valence-corrected chi connectivity index (χ4v) is 3.16. The molecule has 7 heteroatoms. The number of benzene rings is 2. The first-order valence-electron chi connectivity index (χ1n) is 10.1. The van der Waals surface area contributed by atoms with Gasteiger partial charge in [-0.3, -0.25) is 9.89 Å². The van der Waals surface area contributed by atoms with Crippen LogP contribution in [0.25, 0.3) is 22.3 Å². The smallest absolute Gasteiger partial charge is 0.220 e. The number of fused-ring (bicyclic) bond motifs is 1. The summed E-state index contributed by atoms with van der Waals surface area (Å²) in [7, 11) is 0. The van der Waals surface area contributed by atoms with Crippen molar-refractivity contribution in [3.8, 4) is 22.8 Å². The fourth-order valence-electron chi connectivity index (χ4n) is 3.16. The molecule has 0 aliphatic rings. The number of nitrogens with one attached hydrogen (secondary N) is 3. The van der Waals surface area contributed by atoms with Crippen LogP contribution in [0.1, 0.15) is 32.5 Å². The van der Waals surface area contributed by atoms with Gasteiger partial charge in [-0.2, -0.15) is 5.10 Å². The van der Waals surface area contributed by atoms with Gasteiger partial charge in [-0.25, -0.2) is 4.98 Å². The first-order valence-corrected chi connectivity index (χ1v) is 10.1. The average molecular weight is 403 g/mol. The van der Waals surface area contributed by atoms with E-state index in [0.29, 0.717) is 24.6 Å². The van der Waals surface area contributed by atoms with Crippen molar-refractivity contribution in [1.29, 1.82) is 0 Å². The lowest BCUT2D eigenvalue weighted by atomic mass is 10.1. The lowest BCUT2D eigenvalue weighted by Crippen LogP contribution is -2.24. The molecule has 2 aromatic heterocycles. The van der Waals surface area contributed by atoms with Crippen molar-refractivity contribution in [2.75, 3.05) is 0 Å². The SMILES string of the molecule is CC[C@H](C)CC(=O)NCc1nc2ccc(Oc3ccc(-c4ccn[nH]4)cc3)cc2[nH]1. The Morgan fingerprint density at radius 2 is 1.93 bits per heavy atom. The van der Waals surface area contributed by atoms with E-state index in [1.165, 1.54) is 0 Å². The van der Waals surface area contributed by atoms with Crippen molar-refractivity contribution in [3.63, 3.8) is 0 Å². The van der Waals surface area contributed by atoms with Crippen molar-refractivity contribution in [3.05, 3.63) is 60.6 Å². The highest BCUT2D eigenvalue weighted by molar-refractivity contribution is 5.78. The third-order valence-corrected chi connectivity index (χ3v) is 5.09. The molecule has 0 aliphatic heterocycles. The summed E-state index contributed by atoms with van der Waals surface area (Å²) in [4.78, 5) is 19.8. The van der Waals surface area contributed by atoms with Crippen LogP contribution in [0, 0.1) is 5.92 Å². The Kier molecular flexibility index (Phi) is 5.79. The lowest BCUT2D eigenvalue weighted by Gasteiger charge is -2.07. The van der Waals surface area contributed by atoms with Gasteiger partial charge in [0.25, 0.3) is 0 Å². The monoisotopic (exact) mass is 403 g/mol. The van der Waals surface area contributed by atoms with Gasteiger partial charge < -0.3 is 15.0 Å². The van der Waals surface area contributed by atoms with Crippen LogP contribution in [0.4, 0.5) is 0 Å². The number of carbonyl (C=O) groups is 1. The van der Waals surface area contributed by atoms with Crippen LogP contribution in [0.2, 0.25) is 0 Å². The van der Waals surface area contributed by atoms with Crippen molar-refractivity contribution in [2.45, 2.75) is 33.2 Å². The topological polar surface area (TPSA) is 95.7 Å². The molecule has 2 heterocycles. The van der Waals surface area contributed by atoms with Gasteiger partial charge in [-0.05, 0) is 53.9 Å². The molecule has 0 radical (unpaired) electrons. The summed E-state index contributed by atoms with van der Waals surface area (Å²) in [5, 5.41) is 9.84. The Morgan fingerprint density at radius 1 is 1.13 bits per heavy atom. The number of carbonyl (C=O) groups excluding carboxylic acids is 1. The number of nitrogens with zero attached hydrogens (tertiary/aromatic N) is 2. The fraction of sp³-hybridized carbons (Fsp3) is 0.261. The van der Waals surface area contributed by atoms with Gasteiger partial charge in [-0.1, -0.05) is 20.3 Å². The molecule has 0 saturated carbocycles. The van der Waals surface area contributed by atoms with Crippen LogP contribution in [0.15, 0.2) is 54.7 Å². The third kappa shape index (κ3) is 4.68. The molecule has 0 unspecified atom stereocenters. The molecule has 1 atom stereocenters. The highest BCUT2D eigenvalue weighted by Gasteiger charge is 2.09. The van der Waals surface area contributed by atoms with Crippen LogP contribution < -0.4 is 10.1 Å². The van der Waals surface area contributed by atoms with Gasteiger partial charge in [0.2, 0.25) is 5.91 Å². The molecule has 0 bridgehead atoms. The third-order valence-electron chi connectivity index (χ3n) is 5.09. The van der Waals surface area contributed by atoms with E-state index in [2.05, 4.69) is 39.3 Å². The number of hydrogen-bond acceptors (Lipinski definition) is 4. The van der Waals surface area contributed by atoms with Crippen LogP contribution in [0.5, 0.6) is 11.5 Å². The molecule has 0 spiro atoms. The van der Waals surface area contributed by atoms with Crippen LogP contribution in [-0.2, 0) is 11.3 Å². The highest BCUT2D eigenvalue weighted by atomic mass is 16.5. The minimum Gasteiger partial charge on any atom is -0.457 e. The van der Waals surface area contributed by atoms with E-state index < -0.39 is 0 Å². The average Bonchev–Trinajstić information content (AvgIpc) is 3.42. The van der Waals surface area contributed by atoms with Gasteiger partial charge in [0, 0.05) is 18.7 Å². The second-order valence-electron chi connectivity index (χ2n) is 7.45. The number of rotatable bonds is 8. The highest BCUT2D eigenvalue weighted by Crippen LogP contribution is 2.27. The second-order valence-corrected chi connectivity index (χ2v) is 7.45. The van der Waals surface area contributed by atoms with Crippen molar-refractivity contribution in [2.24, 2.45) is 5.92 Å². The van der Waals surface area contributed by atoms with Crippen LogP contribution in [0.3, 0.4) is 0 Å². The summed E-state index contributed by atoms with van der Waals surface area (Å²) in [5.74, 6) is 2.62. The molecule has 4 rings (SSSR count). The first-order chi connectivity index (χ1) is 14.6. The zero-order chi connectivity index (χ0) is 20.9. The van der Waals surface area contributed by atoms with E-state index in [9.17, 15) is 4.79 Å². The summed E-state index contributed by atoms with van der Waals surface area (Å²) >= 11 is 0.